The molecule has 0 aliphatic carbocycles. The second-order valence-corrected chi connectivity index (χ2v) is 3.88. The summed E-state index contributed by atoms with van der Waals surface area (Å²) in [5.41, 5.74) is 2.11. The van der Waals surface area contributed by atoms with E-state index in [4.69, 9.17) is 0 Å². The number of aldehydes is 1. The smallest absolute Gasteiger partial charge is 0.170 e. The molecule has 0 saturated heterocycles. The predicted octanol–water partition coefficient (Wildman–Crippen LogP) is 2.20. The van der Waals surface area contributed by atoms with Gasteiger partial charge in [0.25, 0.3) is 0 Å². The summed E-state index contributed by atoms with van der Waals surface area (Å²) < 4.78 is 1.57. The van der Waals surface area contributed by atoms with E-state index in [-0.39, 0.29) is 5.92 Å². The Labute approximate surface area is 93.9 Å². The molecule has 0 aliphatic rings. The van der Waals surface area contributed by atoms with Crippen LogP contribution < -0.4 is 0 Å². The van der Waals surface area contributed by atoms with Crippen LogP contribution in [0.15, 0.2) is 30.3 Å². The Morgan fingerprint density at radius 2 is 1.94 bits per heavy atom. The molecule has 82 valence electrons. The molecule has 1 aromatic carbocycles. The van der Waals surface area contributed by atoms with E-state index in [2.05, 4.69) is 10.3 Å². The molecule has 16 heavy (non-hydrogen) atoms. The number of aromatic nitrogens is 3. The van der Waals surface area contributed by atoms with E-state index in [0.717, 1.165) is 17.7 Å². The Bertz CT molecular complexity index is 488. The molecule has 4 nitrogen and oxygen atoms in total. The predicted molar refractivity (Wildman–Crippen MR) is 60.8 cm³/mol. The van der Waals surface area contributed by atoms with E-state index in [1.165, 1.54) is 0 Å². The maximum atomic E-state index is 11.1. The van der Waals surface area contributed by atoms with Gasteiger partial charge in [-0.3, -0.25) is 4.79 Å². The molecule has 0 N–H and O–H groups in total. The fourth-order valence-corrected chi connectivity index (χ4v) is 1.58. The first-order chi connectivity index (χ1) is 7.74. The summed E-state index contributed by atoms with van der Waals surface area (Å²) in [6.07, 6.45) is 0.808. The third-order valence-electron chi connectivity index (χ3n) is 2.39. The van der Waals surface area contributed by atoms with E-state index in [1.54, 1.807) is 4.68 Å². The first kappa shape index (κ1) is 10.5. The molecule has 4 heteroatoms. The zero-order chi connectivity index (χ0) is 11.5. The maximum Gasteiger partial charge on any atom is 0.170 e. The van der Waals surface area contributed by atoms with Gasteiger partial charge in [0.05, 0.1) is 11.4 Å². The van der Waals surface area contributed by atoms with Crippen LogP contribution in [-0.4, -0.2) is 21.3 Å². The largest absolute Gasteiger partial charge is 0.296 e. The number of nitrogens with zero attached hydrogens (tertiary/aromatic N) is 3. The van der Waals surface area contributed by atoms with Gasteiger partial charge in [0.1, 0.15) is 5.69 Å². The van der Waals surface area contributed by atoms with Gasteiger partial charge in [0, 0.05) is 0 Å². The molecular formula is C12H13N3O. The highest BCUT2D eigenvalue weighted by atomic mass is 16.1. The summed E-state index contributed by atoms with van der Waals surface area (Å²) in [5, 5.41) is 8.06. The van der Waals surface area contributed by atoms with Gasteiger partial charge >= 0.3 is 0 Å². The number of benzene rings is 1. The van der Waals surface area contributed by atoms with Crippen molar-refractivity contribution in [3.05, 3.63) is 41.7 Å². The molecule has 0 amide bonds. The summed E-state index contributed by atoms with van der Waals surface area (Å²) in [6, 6.07) is 9.52. The topological polar surface area (TPSA) is 47.8 Å². The van der Waals surface area contributed by atoms with Crippen LogP contribution in [0.3, 0.4) is 0 Å². The lowest BCUT2D eigenvalue weighted by molar-refractivity contribution is 0.111. The van der Waals surface area contributed by atoms with Crippen molar-refractivity contribution in [1.29, 1.82) is 0 Å². The highest BCUT2D eigenvalue weighted by Crippen LogP contribution is 2.17. The Morgan fingerprint density at radius 1 is 1.25 bits per heavy atom. The van der Waals surface area contributed by atoms with Crippen LogP contribution >= 0.6 is 0 Å². The average molecular weight is 215 g/mol. The lowest BCUT2D eigenvalue weighted by Gasteiger charge is -2.03. The average Bonchev–Trinajstić information content (AvgIpc) is 2.73. The molecule has 1 heterocycles. The summed E-state index contributed by atoms with van der Waals surface area (Å²) in [5.74, 6) is 0.192. The van der Waals surface area contributed by atoms with Gasteiger partial charge in [0.15, 0.2) is 6.29 Å². The molecule has 0 unspecified atom stereocenters. The Balaban J connectivity index is 2.55. The van der Waals surface area contributed by atoms with Crippen molar-refractivity contribution in [2.24, 2.45) is 0 Å². The quantitative estimate of drug-likeness (QED) is 0.737. The molecule has 1 aromatic heterocycles. The van der Waals surface area contributed by atoms with Gasteiger partial charge in [0.2, 0.25) is 0 Å². The molecule has 0 atom stereocenters. The van der Waals surface area contributed by atoms with Crippen molar-refractivity contribution in [2.45, 2.75) is 19.8 Å². The van der Waals surface area contributed by atoms with Gasteiger partial charge in [-0.25, -0.2) is 4.68 Å². The first-order valence-corrected chi connectivity index (χ1v) is 5.20. The van der Waals surface area contributed by atoms with Crippen LogP contribution in [0.2, 0.25) is 0 Å². The highest BCUT2D eigenvalue weighted by Gasteiger charge is 2.15. The number of para-hydroxylation sites is 1. The minimum Gasteiger partial charge on any atom is -0.296 e. The molecule has 0 aliphatic heterocycles. The SMILES string of the molecule is CC(C)c1nnn(-c2ccccc2)c1C=O. The van der Waals surface area contributed by atoms with Crippen molar-refractivity contribution in [3.63, 3.8) is 0 Å². The second kappa shape index (κ2) is 4.26. The Hall–Kier alpha value is -1.97. The van der Waals surface area contributed by atoms with Crippen LogP contribution in [0.25, 0.3) is 5.69 Å². The minimum atomic E-state index is 0.192. The summed E-state index contributed by atoms with van der Waals surface area (Å²) in [4.78, 5) is 11.1. The fourth-order valence-electron chi connectivity index (χ4n) is 1.58. The number of carbonyl (C=O) groups is 1. The third kappa shape index (κ3) is 1.74. The van der Waals surface area contributed by atoms with E-state index in [9.17, 15) is 4.79 Å². The zero-order valence-electron chi connectivity index (χ0n) is 9.29. The van der Waals surface area contributed by atoms with E-state index in [0.29, 0.717) is 5.69 Å². The van der Waals surface area contributed by atoms with Crippen LogP contribution in [0.4, 0.5) is 0 Å². The fraction of sp³-hybridized carbons (Fsp3) is 0.250. The monoisotopic (exact) mass is 215 g/mol. The van der Waals surface area contributed by atoms with Crippen molar-refractivity contribution in [1.82, 2.24) is 15.0 Å². The van der Waals surface area contributed by atoms with E-state index >= 15 is 0 Å². The molecule has 2 rings (SSSR count). The van der Waals surface area contributed by atoms with Crippen molar-refractivity contribution >= 4 is 6.29 Å². The van der Waals surface area contributed by atoms with Crippen LogP contribution in [0, 0.1) is 0 Å². The number of carbonyl (C=O) groups excluding carboxylic acids is 1. The van der Waals surface area contributed by atoms with Crippen molar-refractivity contribution in [3.8, 4) is 5.69 Å². The molecule has 0 saturated carbocycles. The summed E-state index contributed by atoms with van der Waals surface area (Å²) in [7, 11) is 0. The van der Waals surface area contributed by atoms with Gasteiger partial charge in [-0.15, -0.1) is 5.10 Å². The third-order valence-corrected chi connectivity index (χ3v) is 2.39. The van der Waals surface area contributed by atoms with Gasteiger partial charge in [-0.1, -0.05) is 37.3 Å². The van der Waals surface area contributed by atoms with Gasteiger partial charge in [-0.05, 0) is 18.1 Å². The van der Waals surface area contributed by atoms with E-state index in [1.807, 2.05) is 44.2 Å². The number of rotatable bonds is 3. The van der Waals surface area contributed by atoms with Crippen molar-refractivity contribution in [2.75, 3.05) is 0 Å². The normalized spacial score (nSPS) is 10.7. The van der Waals surface area contributed by atoms with Crippen LogP contribution in [-0.2, 0) is 0 Å². The molecular weight excluding hydrogens is 202 g/mol. The number of hydrogen-bond donors (Lipinski definition) is 0. The van der Waals surface area contributed by atoms with E-state index < -0.39 is 0 Å². The maximum absolute atomic E-state index is 11.1. The molecule has 0 bridgehead atoms. The molecule has 0 fully saturated rings. The lowest BCUT2D eigenvalue weighted by atomic mass is 10.1. The van der Waals surface area contributed by atoms with Crippen LogP contribution in [0.1, 0.15) is 35.9 Å². The lowest BCUT2D eigenvalue weighted by Crippen LogP contribution is -2.03. The molecule has 0 spiro atoms. The van der Waals surface area contributed by atoms with Crippen LogP contribution in [0.5, 0.6) is 0 Å². The summed E-state index contributed by atoms with van der Waals surface area (Å²) in [6.45, 7) is 3.98. The highest BCUT2D eigenvalue weighted by molar-refractivity contribution is 5.75. The second-order valence-electron chi connectivity index (χ2n) is 3.88. The Kier molecular flexibility index (Phi) is 2.81. The van der Waals surface area contributed by atoms with Gasteiger partial charge in [-0.2, -0.15) is 0 Å². The molecule has 0 radical (unpaired) electrons. The Morgan fingerprint density at radius 3 is 2.50 bits per heavy atom. The standard InChI is InChI=1S/C12H13N3O/c1-9(2)12-11(8-16)15(14-13-12)10-6-4-3-5-7-10/h3-9H,1-2H3. The molecule has 2 aromatic rings. The first-order valence-electron chi connectivity index (χ1n) is 5.20. The number of hydrogen-bond acceptors (Lipinski definition) is 3. The zero-order valence-corrected chi connectivity index (χ0v) is 9.29. The summed E-state index contributed by atoms with van der Waals surface area (Å²) >= 11 is 0. The van der Waals surface area contributed by atoms with Crippen molar-refractivity contribution < 1.29 is 4.79 Å². The minimum absolute atomic E-state index is 0.192. The van der Waals surface area contributed by atoms with Gasteiger partial charge < -0.3 is 0 Å².